The number of carboxylic acid groups (broad SMARTS) is 1. The molecule has 1 aliphatic rings. The van der Waals surface area contributed by atoms with Crippen molar-refractivity contribution in [3.63, 3.8) is 0 Å². The number of hydrogen-bond donors (Lipinski definition) is 2. The fourth-order valence-corrected chi connectivity index (χ4v) is 3.70. The van der Waals surface area contributed by atoms with E-state index in [4.69, 9.17) is 0 Å². The number of anilines is 1. The van der Waals surface area contributed by atoms with Gasteiger partial charge in [0, 0.05) is 18.8 Å². The molecule has 1 aromatic heterocycles. The van der Waals surface area contributed by atoms with E-state index in [1.165, 1.54) is 18.3 Å². The summed E-state index contributed by atoms with van der Waals surface area (Å²) in [4.78, 5) is 28.9. The molecular weight excluding hydrogens is 290 g/mol. The van der Waals surface area contributed by atoms with Crippen LogP contribution in [0.25, 0.3) is 0 Å². The van der Waals surface area contributed by atoms with Crippen LogP contribution >= 0.6 is 11.3 Å². The highest BCUT2D eigenvalue weighted by Crippen LogP contribution is 2.36. The van der Waals surface area contributed by atoms with Crippen molar-refractivity contribution in [1.29, 1.82) is 0 Å². The third kappa shape index (κ3) is 3.79. The average Bonchev–Trinajstić information content (AvgIpc) is 2.73. The van der Waals surface area contributed by atoms with E-state index in [0.29, 0.717) is 11.7 Å². The summed E-state index contributed by atoms with van der Waals surface area (Å²) >= 11 is 1.36. The number of piperidine rings is 1. The summed E-state index contributed by atoms with van der Waals surface area (Å²) in [6, 6.07) is -0.503. The summed E-state index contributed by atoms with van der Waals surface area (Å²) in [6.45, 7) is 6.70. The number of carbonyl (C=O) groups excluding carboxylic acids is 1. The standard InChI is InChI=1S/C14H21N3O3S/c1-9(18)15-13-16-10(8-21-13)7-17-6-4-5-14(2,3)11(17)12(19)20/h8,11H,4-7H2,1-3H3,(H,19,20)(H,15,16,18). The van der Waals surface area contributed by atoms with Crippen molar-refractivity contribution in [2.45, 2.75) is 46.2 Å². The predicted molar refractivity (Wildman–Crippen MR) is 81.3 cm³/mol. The van der Waals surface area contributed by atoms with Gasteiger partial charge >= 0.3 is 5.97 Å². The van der Waals surface area contributed by atoms with Crippen LogP contribution in [0.15, 0.2) is 5.38 Å². The fourth-order valence-electron chi connectivity index (χ4n) is 2.95. The van der Waals surface area contributed by atoms with Crippen molar-refractivity contribution >= 4 is 28.3 Å². The van der Waals surface area contributed by atoms with Gasteiger partial charge in [0.1, 0.15) is 6.04 Å². The summed E-state index contributed by atoms with van der Waals surface area (Å²) in [7, 11) is 0. The van der Waals surface area contributed by atoms with E-state index >= 15 is 0 Å². The summed E-state index contributed by atoms with van der Waals surface area (Å²) in [5.41, 5.74) is 0.549. The van der Waals surface area contributed by atoms with E-state index in [-0.39, 0.29) is 11.3 Å². The first-order valence-electron chi connectivity index (χ1n) is 6.98. The van der Waals surface area contributed by atoms with Crippen molar-refractivity contribution in [2.75, 3.05) is 11.9 Å². The Morgan fingerprint density at radius 2 is 2.29 bits per heavy atom. The Labute approximate surface area is 128 Å². The molecule has 1 aromatic rings. The predicted octanol–water partition coefficient (Wildman–Crippen LogP) is 2.18. The Balaban J connectivity index is 2.11. The molecule has 2 N–H and O–H groups in total. The van der Waals surface area contributed by atoms with Crippen molar-refractivity contribution in [3.05, 3.63) is 11.1 Å². The number of nitrogens with zero attached hydrogens (tertiary/aromatic N) is 2. The molecule has 0 saturated carbocycles. The van der Waals surface area contributed by atoms with Gasteiger partial charge in [-0.15, -0.1) is 11.3 Å². The molecule has 0 bridgehead atoms. The zero-order valence-electron chi connectivity index (χ0n) is 12.5. The van der Waals surface area contributed by atoms with Gasteiger partial charge in [0.15, 0.2) is 5.13 Å². The normalized spacial score (nSPS) is 22.0. The molecule has 2 rings (SSSR count). The summed E-state index contributed by atoms with van der Waals surface area (Å²) in [5, 5.41) is 14.6. The molecule has 0 aliphatic carbocycles. The van der Waals surface area contributed by atoms with Crippen LogP contribution in [0.1, 0.15) is 39.3 Å². The first-order valence-corrected chi connectivity index (χ1v) is 7.86. The zero-order valence-corrected chi connectivity index (χ0v) is 13.4. The zero-order chi connectivity index (χ0) is 15.6. The number of amides is 1. The molecule has 21 heavy (non-hydrogen) atoms. The first-order chi connectivity index (χ1) is 9.79. The molecule has 0 radical (unpaired) electrons. The first kappa shape index (κ1) is 15.9. The van der Waals surface area contributed by atoms with Gasteiger partial charge in [-0.05, 0) is 24.8 Å². The lowest BCUT2D eigenvalue weighted by molar-refractivity contribution is -0.151. The molecular formula is C14H21N3O3S. The van der Waals surface area contributed by atoms with Crippen molar-refractivity contribution in [3.8, 4) is 0 Å². The van der Waals surface area contributed by atoms with Crippen LogP contribution in [0.5, 0.6) is 0 Å². The number of thiazole rings is 1. The highest BCUT2D eigenvalue weighted by Gasteiger charge is 2.42. The quantitative estimate of drug-likeness (QED) is 0.890. The second-order valence-electron chi connectivity index (χ2n) is 6.13. The minimum atomic E-state index is -0.781. The maximum atomic E-state index is 11.6. The van der Waals surface area contributed by atoms with E-state index in [1.54, 1.807) is 0 Å². The van der Waals surface area contributed by atoms with Gasteiger partial charge in [-0.3, -0.25) is 14.5 Å². The molecule has 7 heteroatoms. The van der Waals surface area contributed by atoms with E-state index in [9.17, 15) is 14.7 Å². The average molecular weight is 311 g/mol. The largest absolute Gasteiger partial charge is 0.480 e. The van der Waals surface area contributed by atoms with Crippen LogP contribution in [-0.2, 0) is 16.1 Å². The van der Waals surface area contributed by atoms with Gasteiger partial charge in [0.25, 0.3) is 0 Å². The van der Waals surface area contributed by atoms with Gasteiger partial charge in [0.2, 0.25) is 5.91 Å². The van der Waals surface area contributed by atoms with Gasteiger partial charge < -0.3 is 10.4 Å². The minimum Gasteiger partial charge on any atom is -0.480 e. The van der Waals surface area contributed by atoms with Gasteiger partial charge in [-0.25, -0.2) is 4.98 Å². The van der Waals surface area contributed by atoms with E-state index < -0.39 is 12.0 Å². The van der Waals surface area contributed by atoms with E-state index in [0.717, 1.165) is 25.1 Å². The van der Waals surface area contributed by atoms with Crippen LogP contribution in [0.3, 0.4) is 0 Å². The number of carbonyl (C=O) groups is 2. The molecule has 1 aliphatic heterocycles. The lowest BCUT2D eigenvalue weighted by Crippen LogP contribution is -2.53. The van der Waals surface area contributed by atoms with E-state index in [2.05, 4.69) is 10.3 Å². The number of rotatable bonds is 4. The molecule has 1 saturated heterocycles. The molecule has 1 atom stereocenters. The molecule has 1 fully saturated rings. The van der Waals surface area contributed by atoms with Crippen LogP contribution in [0, 0.1) is 5.41 Å². The Hall–Kier alpha value is -1.47. The third-order valence-corrected chi connectivity index (χ3v) is 4.61. The lowest BCUT2D eigenvalue weighted by atomic mass is 9.76. The van der Waals surface area contributed by atoms with E-state index in [1.807, 2.05) is 24.1 Å². The lowest BCUT2D eigenvalue weighted by Gasteiger charge is -2.43. The molecule has 0 spiro atoms. The Bertz CT molecular complexity index is 541. The number of carboxylic acids is 1. The maximum Gasteiger partial charge on any atom is 0.321 e. The van der Waals surface area contributed by atoms with Crippen LogP contribution < -0.4 is 5.32 Å². The highest BCUT2D eigenvalue weighted by molar-refractivity contribution is 7.13. The van der Waals surface area contributed by atoms with Crippen molar-refractivity contribution < 1.29 is 14.7 Å². The number of likely N-dealkylation sites (tertiary alicyclic amines) is 1. The molecule has 1 amide bonds. The molecule has 1 unspecified atom stereocenters. The molecule has 0 aromatic carbocycles. The van der Waals surface area contributed by atoms with Crippen LogP contribution in [-0.4, -0.2) is 39.5 Å². The van der Waals surface area contributed by atoms with Crippen molar-refractivity contribution in [2.24, 2.45) is 5.41 Å². The highest BCUT2D eigenvalue weighted by atomic mass is 32.1. The second-order valence-corrected chi connectivity index (χ2v) is 6.99. The Kier molecular flexibility index (Phi) is 4.63. The topological polar surface area (TPSA) is 82.5 Å². The summed E-state index contributed by atoms with van der Waals surface area (Å²) < 4.78 is 0. The number of hydrogen-bond acceptors (Lipinski definition) is 5. The Morgan fingerprint density at radius 3 is 2.90 bits per heavy atom. The monoisotopic (exact) mass is 311 g/mol. The molecule has 116 valence electrons. The number of aromatic nitrogens is 1. The molecule has 6 nitrogen and oxygen atoms in total. The number of aliphatic carboxylic acids is 1. The van der Waals surface area contributed by atoms with Gasteiger partial charge in [0.05, 0.1) is 5.69 Å². The SMILES string of the molecule is CC(=O)Nc1nc(CN2CCCC(C)(C)C2C(=O)O)cs1. The maximum absolute atomic E-state index is 11.6. The smallest absolute Gasteiger partial charge is 0.321 e. The second kappa shape index (κ2) is 6.11. The number of nitrogens with one attached hydrogen (secondary N) is 1. The Morgan fingerprint density at radius 1 is 1.57 bits per heavy atom. The van der Waals surface area contributed by atoms with Crippen molar-refractivity contribution in [1.82, 2.24) is 9.88 Å². The molecule has 2 heterocycles. The van der Waals surface area contributed by atoms with Crippen LogP contribution in [0.2, 0.25) is 0 Å². The van der Waals surface area contributed by atoms with Crippen LogP contribution in [0.4, 0.5) is 5.13 Å². The fraction of sp³-hybridized carbons (Fsp3) is 0.643. The summed E-state index contributed by atoms with van der Waals surface area (Å²) in [5.74, 6) is -0.935. The minimum absolute atomic E-state index is 0.154. The summed E-state index contributed by atoms with van der Waals surface area (Å²) in [6.07, 6.45) is 1.90. The third-order valence-electron chi connectivity index (χ3n) is 3.81. The van der Waals surface area contributed by atoms with Gasteiger partial charge in [-0.2, -0.15) is 0 Å². The van der Waals surface area contributed by atoms with Gasteiger partial charge in [-0.1, -0.05) is 13.8 Å².